The molecule has 6 nitrogen and oxygen atoms in total. The first-order valence-corrected chi connectivity index (χ1v) is 7.70. The van der Waals surface area contributed by atoms with Gasteiger partial charge in [0.25, 0.3) is 0 Å². The van der Waals surface area contributed by atoms with Gasteiger partial charge < -0.3 is 20.9 Å². The van der Waals surface area contributed by atoms with Gasteiger partial charge in [-0.1, -0.05) is 19.9 Å². The largest absolute Gasteiger partial charge is 0.338 e. The Morgan fingerprint density at radius 3 is 2.32 bits per heavy atom. The zero-order valence-corrected chi connectivity index (χ0v) is 13.6. The van der Waals surface area contributed by atoms with Gasteiger partial charge in [-0.25, -0.2) is 4.79 Å². The maximum Gasteiger partial charge on any atom is 0.319 e. The van der Waals surface area contributed by atoms with E-state index in [1.165, 1.54) is 6.92 Å². The Bertz CT molecular complexity index is 487. The number of hydrogen-bond acceptors (Lipinski definition) is 3. The highest BCUT2D eigenvalue weighted by molar-refractivity contribution is 5.92. The fourth-order valence-corrected chi connectivity index (χ4v) is 2.10. The Kier molecular flexibility index (Phi) is 7.99. The molecule has 6 heteroatoms. The first kappa shape index (κ1) is 18.0. The summed E-state index contributed by atoms with van der Waals surface area (Å²) in [6.07, 6.45) is 0.918. The van der Waals surface area contributed by atoms with Gasteiger partial charge in [-0.05, 0) is 44.3 Å². The van der Waals surface area contributed by atoms with E-state index in [0.29, 0.717) is 17.9 Å². The minimum absolute atomic E-state index is 0.141. The monoisotopic (exact) mass is 306 g/mol. The van der Waals surface area contributed by atoms with Gasteiger partial charge in [0.05, 0.1) is 0 Å². The van der Waals surface area contributed by atoms with Crippen LogP contribution in [0.4, 0.5) is 16.2 Å². The van der Waals surface area contributed by atoms with Crippen LogP contribution in [0.15, 0.2) is 24.3 Å². The molecule has 0 aromatic heterocycles. The molecule has 122 valence electrons. The van der Waals surface area contributed by atoms with E-state index in [2.05, 4.69) is 34.7 Å². The van der Waals surface area contributed by atoms with Crippen LogP contribution in [-0.4, -0.2) is 43.0 Å². The summed E-state index contributed by atoms with van der Waals surface area (Å²) in [7, 11) is 0. The van der Waals surface area contributed by atoms with E-state index in [0.717, 1.165) is 26.1 Å². The molecule has 0 fully saturated rings. The van der Waals surface area contributed by atoms with Crippen LogP contribution in [0.2, 0.25) is 0 Å². The van der Waals surface area contributed by atoms with Crippen molar-refractivity contribution in [3.05, 3.63) is 24.3 Å². The lowest BCUT2D eigenvalue weighted by atomic mass is 10.2. The van der Waals surface area contributed by atoms with Crippen molar-refractivity contribution in [1.82, 2.24) is 10.2 Å². The smallest absolute Gasteiger partial charge is 0.319 e. The van der Waals surface area contributed by atoms with Gasteiger partial charge in [-0.15, -0.1) is 0 Å². The molecule has 0 aliphatic carbocycles. The summed E-state index contributed by atoms with van der Waals surface area (Å²) in [6.45, 7) is 9.37. The van der Waals surface area contributed by atoms with Crippen molar-refractivity contribution >= 4 is 23.3 Å². The lowest BCUT2D eigenvalue weighted by Gasteiger charge is -2.17. The number of amides is 3. The van der Waals surface area contributed by atoms with E-state index in [1.54, 1.807) is 24.3 Å². The van der Waals surface area contributed by atoms with Gasteiger partial charge in [-0.3, -0.25) is 4.79 Å². The molecule has 0 spiro atoms. The van der Waals surface area contributed by atoms with E-state index >= 15 is 0 Å². The highest BCUT2D eigenvalue weighted by atomic mass is 16.2. The lowest BCUT2D eigenvalue weighted by molar-refractivity contribution is -0.114. The predicted octanol–water partition coefficient (Wildman–Crippen LogP) is 2.50. The van der Waals surface area contributed by atoms with E-state index in [1.807, 2.05) is 0 Å². The quantitative estimate of drug-likeness (QED) is 0.646. The van der Waals surface area contributed by atoms with Gasteiger partial charge >= 0.3 is 6.03 Å². The fraction of sp³-hybridized carbons (Fsp3) is 0.500. The summed E-state index contributed by atoms with van der Waals surface area (Å²) in [5.74, 6) is -0.141. The molecular weight excluding hydrogens is 280 g/mol. The molecule has 3 N–H and O–H groups in total. The van der Waals surface area contributed by atoms with E-state index in [-0.39, 0.29) is 11.9 Å². The molecule has 0 radical (unpaired) electrons. The molecule has 3 amide bonds. The van der Waals surface area contributed by atoms with Crippen molar-refractivity contribution in [2.45, 2.75) is 27.2 Å². The van der Waals surface area contributed by atoms with Crippen molar-refractivity contribution in [2.24, 2.45) is 0 Å². The lowest BCUT2D eigenvalue weighted by Crippen LogP contribution is -2.32. The van der Waals surface area contributed by atoms with Crippen molar-refractivity contribution in [1.29, 1.82) is 0 Å². The molecule has 1 aromatic carbocycles. The third kappa shape index (κ3) is 7.08. The Morgan fingerprint density at radius 1 is 1.09 bits per heavy atom. The number of nitrogens with zero attached hydrogens (tertiary/aromatic N) is 1. The van der Waals surface area contributed by atoms with Crippen LogP contribution in [0.5, 0.6) is 0 Å². The van der Waals surface area contributed by atoms with Gasteiger partial charge in [-0.2, -0.15) is 0 Å². The second kappa shape index (κ2) is 9.78. The Labute approximate surface area is 132 Å². The van der Waals surface area contributed by atoms with E-state index < -0.39 is 0 Å². The summed E-state index contributed by atoms with van der Waals surface area (Å²) >= 11 is 0. The molecule has 1 rings (SSSR count). The number of carbonyl (C=O) groups is 2. The van der Waals surface area contributed by atoms with Crippen LogP contribution in [-0.2, 0) is 4.79 Å². The Balaban J connectivity index is 2.34. The topological polar surface area (TPSA) is 73.5 Å². The van der Waals surface area contributed by atoms with Crippen LogP contribution >= 0.6 is 0 Å². The maximum atomic E-state index is 11.8. The summed E-state index contributed by atoms with van der Waals surface area (Å²) in [5.41, 5.74) is 1.30. The average Bonchev–Trinajstić information content (AvgIpc) is 2.47. The molecule has 1 aromatic rings. The molecule has 0 aliphatic heterocycles. The van der Waals surface area contributed by atoms with Crippen molar-refractivity contribution in [3.63, 3.8) is 0 Å². The minimum atomic E-state index is -0.237. The SMILES string of the molecule is CCN(CC)CCCNC(=O)Nc1cccc(NC(C)=O)c1. The average molecular weight is 306 g/mol. The van der Waals surface area contributed by atoms with Crippen molar-refractivity contribution in [2.75, 3.05) is 36.8 Å². The van der Waals surface area contributed by atoms with Gasteiger partial charge in [0.1, 0.15) is 0 Å². The Hall–Kier alpha value is -2.08. The van der Waals surface area contributed by atoms with Crippen LogP contribution in [0.3, 0.4) is 0 Å². The second-order valence-corrected chi connectivity index (χ2v) is 5.02. The minimum Gasteiger partial charge on any atom is -0.338 e. The van der Waals surface area contributed by atoms with Crippen molar-refractivity contribution < 1.29 is 9.59 Å². The summed E-state index contributed by atoms with van der Waals surface area (Å²) < 4.78 is 0. The van der Waals surface area contributed by atoms with Gasteiger partial charge in [0, 0.05) is 24.8 Å². The summed E-state index contributed by atoms with van der Waals surface area (Å²) in [5, 5.41) is 8.27. The van der Waals surface area contributed by atoms with Crippen LogP contribution < -0.4 is 16.0 Å². The third-order valence-electron chi connectivity index (χ3n) is 3.27. The molecule has 0 aliphatic rings. The standard InChI is InChI=1S/C16H26N4O2/c1-4-20(5-2)11-7-10-17-16(22)19-15-9-6-8-14(12-15)18-13(3)21/h6,8-9,12H,4-5,7,10-11H2,1-3H3,(H,18,21)(H2,17,19,22). The number of urea groups is 1. The third-order valence-corrected chi connectivity index (χ3v) is 3.27. The zero-order chi connectivity index (χ0) is 16.4. The molecule has 22 heavy (non-hydrogen) atoms. The predicted molar refractivity (Wildman–Crippen MR) is 90.2 cm³/mol. The van der Waals surface area contributed by atoms with E-state index in [9.17, 15) is 9.59 Å². The van der Waals surface area contributed by atoms with Crippen molar-refractivity contribution in [3.8, 4) is 0 Å². The highest BCUT2D eigenvalue weighted by Crippen LogP contribution is 2.14. The fourth-order valence-electron chi connectivity index (χ4n) is 2.10. The highest BCUT2D eigenvalue weighted by Gasteiger charge is 2.03. The number of carbonyl (C=O) groups excluding carboxylic acids is 2. The molecule has 0 heterocycles. The molecule has 0 unspecified atom stereocenters. The molecule has 0 saturated heterocycles. The molecule has 0 bridgehead atoms. The summed E-state index contributed by atoms with van der Waals surface area (Å²) in [4.78, 5) is 25.1. The van der Waals surface area contributed by atoms with Crippen LogP contribution in [0.25, 0.3) is 0 Å². The number of benzene rings is 1. The first-order valence-electron chi connectivity index (χ1n) is 7.70. The molecule has 0 atom stereocenters. The van der Waals surface area contributed by atoms with Crippen LogP contribution in [0.1, 0.15) is 27.2 Å². The summed E-state index contributed by atoms with van der Waals surface area (Å²) in [6, 6.07) is 6.81. The number of nitrogens with one attached hydrogen (secondary N) is 3. The molecular formula is C16H26N4O2. The van der Waals surface area contributed by atoms with Gasteiger partial charge in [0.15, 0.2) is 0 Å². The first-order chi connectivity index (χ1) is 10.5. The maximum absolute atomic E-state index is 11.8. The van der Waals surface area contributed by atoms with Gasteiger partial charge in [0.2, 0.25) is 5.91 Å². The number of anilines is 2. The van der Waals surface area contributed by atoms with E-state index in [4.69, 9.17) is 0 Å². The second-order valence-electron chi connectivity index (χ2n) is 5.02. The number of rotatable bonds is 8. The zero-order valence-electron chi connectivity index (χ0n) is 13.6. The molecule has 0 saturated carbocycles. The normalized spacial score (nSPS) is 10.4. The van der Waals surface area contributed by atoms with Crippen LogP contribution in [0, 0.1) is 0 Å². The number of hydrogen-bond donors (Lipinski definition) is 3. The Morgan fingerprint density at radius 2 is 1.73 bits per heavy atom.